The lowest BCUT2D eigenvalue weighted by Gasteiger charge is -2.33. The number of aromatic nitrogens is 1. The number of methoxy groups -OCH3 is 1. The molecule has 1 aromatic carbocycles. The number of ketones is 1. The van der Waals surface area contributed by atoms with Gasteiger partial charge in [-0.3, -0.25) is 4.79 Å². The van der Waals surface area contributed by atoms with Crippen LogP contribution in [0, 0.1) is 17.5 Å². The van der Waals surface area contributed by atoms with Crippen LogP contribution in [-0.2, 0) is 12.0 Å². The molecule has 1 aromatic heterocycles. The van der Waals surface area contributed by atoms with E-state index in [1.54, 1.807) is 14.0 Å². The van der Waals surface area contributed by atoms with E-state index in [-0.39, 0.29) is 28.4 Å². The van der Waals surface area contributed by atoms with Crippen LogP contribution in [0.25, 0.3) is 0 Å². The molecule has 162 valence electrons. The molecular formula is C20H23F3N4O2S. The van der Waals surface area contributed by atoms with Crippen LogP contribution in [0.2, 0.25) is 0 Å². The maximum absolute atomic E-state index is 15.3. The lowest BCUT2D eigenvalue weighted by molar-refractivity contribution is 0.0982. The molecule has 0 saturated heterocycles. The summed E-state index contributed by atoms with van der Waals surface area (Å²) in [5.41, 5.74) is 3.42. The number of ether oxygens (including phenoxy) is 1. The third-order valence-corrected chi connectivity index (χ3v) is 4.77. The number of carbonyl (C=O) groups is 1. The van der Waals surface area contributed by atoms with Gasteiger partial charge in [0, 0.05) is 18.1 Å². The maximum atomic E-state index is 15.3. The Morgan fingerprint density at radius 1 is 1.30 bits per heavy atom. The number of hydrogen-bond donors (Lipinski definition) is 3. The highest BCUT2D eigenvalue weighted by Gasteiger charge is 2.34. The zero-order valence-corrected chi connectivity index (χ0v) is 17.6. The molecule has 0 aliphatic carbocycles. The Labute approximate surface area is 178 Å². The van der Waals surface area contributed by atoms with Crippen LogP contribution < -0.4 is 21.1 Å². The van der Waals surface area contributed by atoms with Crippen molar-refractivity contribution in [1.29, 1.82) is 0 Å². The number of hydrogen-bond acceptors (Lipinski definition) is 5. The van der Waals surface area contributed by atoms with Crippen LogP contribution in [0.15, 0.2) is 24.4 Å². The van der Waals surface area contributed by atoms with Gasteiger partial charge in [0.15, 0.2) is 16.7 Å². The highest BCUT2D eigenvalue weighted by molar-refractivity contribution is 7.80. The molecule has 1 heterocycles. The molecule has 4 N–H and O–H groups in total. The van der Waals surface area contributed by atoms with Crippen LogP contribution in [0.3, 0.4) is 0 Å². The molecule has 0 radical (unpaired) electrons. The first-order chi connectivity index (χ1) is 14.1. The van der Waals surface area contributed by atoms with Crippen LogP contribution in [0.1, 0.15) is 35.0 Å². The van der Waals surface area contributed by atoms with Crippen molar-refractivity contribution >= 4 is 23.1 Å². The Balaban J connectivity index is 2.44. The van der Waals surface area contributed by atoms with Gasteiger partial charge in [0.25, 0.3) is 0 Å². The fraction of sp³-hybridized carbons (Fsp3) is 0.350. The number of benzene rings is 1. The van der Waals surface area contributed by atoms with E-state index in [2.05, 4.69) is 15.6 Å². The Kier molecular flexibility index (Phi) is 7.74. The lowest BCUT2D eigenvalue weighted by atomic mass is 9.85. The molecule has 0 saturated carbocycles. The molecule has 2 rings (SSSR count). The van der Waals surface area contributed by atoms with Crippen molar-refractivity contribution in [2.45, 2.75) is 25.3 Å². The Hall–Kier alpha value is -2.72. The number of halogens is 3. The van der Waals surface area contributed by atoms with E-state index >= 15 is 4.39 Å². The van der Waals surface area contributed by atoms with Gasteiger partial charge in [0.05, 0.1) is 18.8 Å². The summed E-state index contributed by atoms with van der Waals surface area (Å²) < 4.78 is 49.0. The quantitative estimate of drug-likeness (QED) is 0.408. The molecule has 30 heavy (non-hydrogen) atoms. The molecule has 0 aliphatic heterocycles. The third kappa shape index (κ3) is 5.25. The van der Waals surface area contributed by atoms with Crippen LogP contribution in [0.5, 0.6) is 5.75 Å². The highest BCUT2D eigenvalue weighted by atomic mass is 32.1. The second kappa shape index (κ2) is 9.86. The van der Waals surface area contributed by atoms with Crippen LogP contribution in [-0.4, -0.2) is 36.6 Å². The summed E-state index contributed by atoms with van der Waals surface area (Å²) in [4.78, 5) is 16.3. The van der Waals surface area contributed by atoms with Gasteiger partial charge in [-0.1, -0.05) is 6.07 Å². The average Bonchev–Trinajstić information content (AvgIpc) is 2.67. The topological polar surface area (TPSA) is 89.3 Å². The van der Waals surface area contributed by atoms with Crippen molar-refractivity contribution in [3.8, 4) is 5.75 Å². The second-order valence-corrected chi connectivity index (χ2v) is 7.32. The molecule has 10 heteroatoms. The van der Waals surface area contributed by atoms with Gasteiger partial charge in [0.1, 0.15) is 23.1 Å². The van der Waals surface area contributed by atoms with Crippen molar-refractivity contribution < 1.29 is 22.7 Å². The monoisotopic (exact) mass is 440 g/mol. The predicted octanol–water partition coefficient (Wildman–Crippen LogP) is 2.59. The van der Waals surface area contributed by atoms with Gasteiger partial charge in [-0.25, -0.2) is 18.2 Å². The Bertz CT molecular complexity index is 958. The molecule has 6 nitrogen and oxygen atoms in total. The third-order valence-electron chi connectivity index (χ3n) is 4.66. The maximum Gasteiger partial charge on any atom is 0.188 e. The van der Waals surface area contributed by atoms with E-state index in [4.69, 9.17) is 22.7 Å². The fourth-order valence-corrected chi connectivity index (χ4v) is 3.35. The first-order valence-electron chi connectivity index (χ1n) is 9.05. The zero-order valence-electron chi connectivity index (χ0n) is 16.8. The van der Waals surface area contributed by atoms with E-state index in [0.29, 0.717) is 6.54 Å². The minimum absolute atomic E-state index is 0.103. The van der Waals surface area contributed by atoms with Gasteiger partial charge >= 0.3 is 0 Å². The van der Waals surface area contributed by atoms with Crippen LogP contribution >= 0.6 is 12.2 Å². The fourth-order valence-electron chi connectivity index (χ4n) is 3.13. The van der Waals surface area contributed by atoms with E-state index in [1.807, 2.05) is 0 Å². The molecule has 1 atom stereocenters. The molecule has 0 amide bonds. The summed E-state index contributed by atoms with van der Waals surface area (Å²) in [6, 6.07) is 3.21. The number of carbonyl (C=O) groups excluding carboxylic acids is 1. The molecule has 0 spiro atoms. The molecule has 0 bridgehead atoms. The van der Waals surface area contributed by atoms with Gasteiger partial charge in [-0.05, 0) is 50.8 Å². The number of thiocarbonyl (C=S) groups is 1. The first kappa shape index (κ1) is 23.6. The summed E-state index contributed by atoms with van der Waals surface area (Å²) in [5.74, 6) is -3.26. The minimum Gasteiger partial charge on any atom is -0.495 e. The summed E-state index contributed by atoms with van der Waals surface area (Å²) >= 11 is 4.87. The Morgan fingerprint density at radius 2 is 2.00 bits per heavy atom. The van der Waals surface area contributed by atoms with E-state index in [9.17, 15) is 13.6 Å². The van der Waals surface area contributed by atoms with E-state index in [0.717, 1.165) is 18.2 Å². The highest BCUT2D eigenvalue weighted by Crippen LogP contribution is 2.31. The molecule has 0 fully saturated rings. The average molecular weight is 440 g/mol. The predicted molar refractivity (Wildman–Crippen MR) is 111 cm³/mol. The van der Waals surface area contributed by atoms with Crippen molar-refractivity contribution in [2.75, 3.05) is 20.7 Å². The number of nitrogens with zero attached hydrogens (tertiary/aromatic N) is 1. The van der Waals surface area contributed by atoms with Gasteiger partial charge in [-0.2, -0.15) is 0 Å². The van der Waals surface area contributed by atoms with Gasteiger partial charge in [0.2, 0.25) is 0 Å². The number of rotatable bonds is 9. The summed E-state index contributed by atoms with van der Waals surface area (Å²) in [6.45, 7) is 1.97. The summed E-state index contributed by atoms with van der Waals surface area (Å²) in [5, 5.41) is 5.52. The van der Waals surface area contributed by atoms with Crippen molar-refractivity contribution in [2.24, 2.45) is 5.73 Å². The zero-order chi connectivity index (χ0) is 22.5. The van der Waals surface area contributed by atoms with E-state index in [1.165, 1.54) is 13.3 Å². The SMILES string of the molecule is CNCC[C@](C)(NC(N)=S)c1c(F)ccc(CC(=O)c2ncc(OC)cc2F)c1F. The molecular weight excluding hydrogens is 417 g/mol. The normalized spacial score (nSPS) is 12.9. The van der Waals surface area contributed by atoms with Gasteiger partial charge in [-0.15, -0.1) is 0 Å². The smallest absolute Gasteiger partial charge is 0.188 e. The molecule has 2 aromatic rings. The minimum atomic E-state index is -1.27. The second-order valence-electron chi connectivity index (χ2n) is 6.88. The summed E-state index contributed by atoms with van der Waals surface area (Å²) in [6.07, 6.45) is 0.926. The number of pyridine rings is 1. The largest absolute Gasteiger partial charge is 0.495 e. The standard InChI is InChI=1S/C20H23F3N4O2S/c1-20(6-7-25-2,27-19(24)30)16-13(21)5-4-11(17(16)23)8-15(28)18-14(22)9-12(29-3)10-26-18/h4-5,9-10,25H,6-8H2,1-3H3,(H3,24,27,30)/t20-/m0/s1. The van der Waals surface area contributed by atoms with E-state index < -0.39 is 40.9 Å². The summed E-state index contributed by atoms with van der Waals surface area (Å²) in [7, 11) is 3.03. The van der Waals surface area contributed by atoms with Crippen LogP contribution in [0.4, 0.5) is 13.2 Å². The van der Waals surface area contributed by atoms with Crippen molar-refractivity contribution in [3.05, 3.63) is 58.7 Å². The Morgan fingerprint density at radius 3 is 2.57 bits per heavy atom. The van der Waals surface area contributed by atoms with Crippen molar-refractivity contribution in [3.63, 3.8) is 0 Å². The lowest BCUT2D eigenvalue weighted by Crippen LogP contribution is -2.48. The van der Waals surface area contributed by atoms with Gasteiger partial charge < -0.3 is 21.1 Å². The molecule has 0 aliphatic rings. The number of nitrogens with one attached hydrogen (secondary N) is 2. The molecule has 0 unspecified atom stereocenters. The number of nitrogens with two attached hydrogens (primary N) is 1. The van der Waals surface area contributed by atoms with Crippen molar-refractivity contribution in [1.82, 2.24) is 15.6 Å². The number of Topliss-reactive ketones (excluding diaryl/α,β-unsaturated/α-hetero) is 1. The first-order valence-corrected chi connectivity index (χ1v) is 9.46.